The van der Waals surface area contributed by atoms with Crippen molar-refractivity contribution in [3.05, 3.63) is 158 Å². The molecule has 49 heavy (non-hydrogen) atoms. The summed E-state index contributed by atoms with van der Waals surface area (Å²) < 4.78 is 2.32. The lowest BCUT2D eigenvalue weighted by molar-refractivity contribution is 1.25. The van der Waals surface area contributed by atoms with Gasteiger partial charge in [0.15, 0.2) is 0 Å². The topological polar surface area (TPSA) is 43.1 Å². The highest BCUT2D eigenvalue weighted by Crippen LogP contribution is 2.41. The molecule has 4 nitrogen and oxygen atoms in total. The van der Waals surface area contributed by atoms with Crippen LogP contribution in [0.25, 0.3) is 104 Å². The first-order valence-corrected chi connectivity index (χ1v) is 16.6. The highest BCUT2D eigenvalue weighted by atomic mass is 15.0. The monoisotopic (exact) mass is 622 g/mol. The predicted molar refractivity (Wildman–Crippen MR) is 203 cm³/mol. The van der Waals surface area contributed by atoms with Crippen LogP contribution in [0.4, 0.5) is 0 Å². The third-order valence-corrected chi connectivity index (χ3v) is 10.2. The predicted octanol–water partition coefficient (Wildman–Crippen LogP) is 11.5. The normalized spacial score (nSPS) is 12.1. The SMILES string of the molecule is c1ccc(-c2cccc(-c3ccc4c(c3)c3cc(-c5ccc6ccc7cccc8ccc5c6c78)ccc3n3c5ccccc5nc43)n2)nc1. The van der Waals surface area contributed by atoms with Gasteiger partial charge in [0.2, 0.25) is 0 Å². The minimum Gasteiger partial charge on any atom is -0.292 e. The van der Waals surface area contributed by atoms with Crippen LogP contribution in [0.15, 0.2) is 158 Å². The van der Waals surface area contributed by atoms with E-state index in [1.165, 1.54) is 48.8 Å². The number of imidazole rings is 1. The summed E-state index contributed by atoms with van der Waals surface area (Å²) in [5.74, 6) is 0. The van der Waals surface area contributed by atoms with E-state index in [1.807, 2.05) is 30.5 Å². The summed E-state index contributed by atoms with van der Waals surface area (Å²) in [6.45, 7) is 0. The van der Waals surface area contributed by atoms with E-state index in [0.717, 1.165) is 55.6 Å². The fourth-order valence-corrected chi connectivity index (χ4v) is 7.93. The molecule has 226 valence electrons. The molecule has 0 radical (unpaired) electrons. The molecule has 0 atom stereocenters. The summed E-state index contributed by atoms with van der Waals surface area (Å²) >= 11 is 0. The molecule has 0 fully saturated rings. The van der Waals surface area contributed by atoms with Crippen molar-refractivity contribution < 1.29 is 0 Å². The Labute approximate surface area is 280 Å². The molecular formula is C45H26N4. The summed E-state index contributed by atoms with van der Waals surface area (Å²) in [6, 6.07) is 54.3. The van der Waals surface area contributed by atoms with Gasteiger partial charge in [0.05, 0.1) is 33.6 Å². The van der Waals surface area contributed by atoms with Gasteiger partial charge in [-0.1, -0.05) is 91.0 Å². The van der Waals surface area contributed by atoms with Gasteiger partial charge in [-0.15, -0.1) is 0 Å². The molecule has 4 heterocycles. The van der Waals surface area contributed by atoms with E-state index in [-0.39, 0.29) is 0 Å². The molecule has 0 saturated carbocycles. The Morgan fingerprint density at radius 2 is 1.12 bits per heavy atom. The highest BCUT2D eigenvalue weighted by molar-refractivity contribution is 6.26. The van der Waals surface area contributed by atoms with E-state index in [4.69, 9.17) is 9.97 Å². The first-order valence-electron chi connectivity index (χ1n) is 16.6. The molecule has 0 saturated heterocycles. The number of hydrogen-bond donors (Lipinski definition) is 0. The average Bonchev–Trinajstić information content (AvgIpc) is 3.57. The Morgan fingerprint density at radius 3 is 2.02 bits per heavy atom. The second-order valence-electron chi connectivity index (χ2n) is 12.8. The standard InChI is InChI=1S/C45H26N4/c1-2-13-42-40(10-1)48-45-34-22-18-31(37-11-6-12-39(47-37)38-9-3-4-24-46-38)26-35(34)36-25-30(19-23-41(36)49(42)45)32-20-16-29-15-14-27-7-5-8-28-17-21-33(32)44(29)43(27)28/h1-26H. The molecule has 0 N–H and O–H groups in total. The molecule has 7 aromatic carbocycles. The van der Waals surface area contributed by atoms with Crippen molar-refractivity contribution in [3.8, 4) is 33.8 Å². The first-order chi connectivity index (χ1) is 24.3. The van der Waals surface area contributed by atoms with Crippen LogP contribution < -0.4 is 0 Å². The third-order valence-electron chi connectivity index (χ3n) is 10.2. The number of benzene rings is 7. The molecule has 0 aliphatic heterocycles. The van der Waals surface area contributed by atoms with Gasteiger partial charge in [-0.05, 0) is 109 Å². The number of fused-ring (bicyclic) bond motifs is 8. The Hall–Kier alpha value is -6.65. The van der Waals surface area contributed by atoms with Gasteiger partial charge >= 0.3 is 0 Å². The van der Waals surface area contributed by atoms with Crippen molar-refractivity contribution >= 4 is 70.7 Å². The van der Waals surface area contributed by atoms with Crippen molar-refractivity contribution in [2.75, 3.05) is 0 Å². The zero-order valence-corrected chi connectivity index (χ0v) is 26.3. The molecule has 0 aliphatic rings. The lowest BCUT2D eigenvalue weighted by Crippen LogP contribution is -1.94. The fourth-order valence-electron chi connectivity index (χ4n) is 7.93. The van der Waals surface area contributed by atoms with Crippen LogP contribution in [-0.2, 0) is 0 Å². The maximum atomic E-state index is 5.16. The van der Waals surface area contributed by atoms with Crippen LogP contribution in [0.1, 0.15) is 0 Å². The van der Waals surface area contributed by atoms with E-state index in [0.29, 0.717) is 0 Å². The smallest absolute Gasteiger partial charge is 0.146 e. The Morgan fingerprint density at radius 1 is 0.408 bits per heavy atom. The lowest BCUT2D eigenvalue weighted by Gasteiger charge is -2.16. The van der Waals surface area contributed by atoms with Crippen LogP contribution in [0.3, 0.4) is 0 Å². The zero-order valence-electron chi connectivity index (χ0n) is 26.3. The van der Waals surface area contributed by atoms with Gasteiger partial charge in [-0.3, -0.25) is 9.38 Å². The number of para-hydroxylation sites is 2. The minimum absolute atomic E-state index is 0.856. The molecule has 0 unspecified atom stereocenters. The Balaban J connectivity index is 1.20. The van der Waals surface area contributed by atoms with Crippen molar-refractivity contribution in [1.29, 1.82) is 0 Å². The molecule has 0 bridgehead atoms. The largest absolute Gasteiger partial charge is 0.292 e. The summed E-state index contributed by atoms with van der Waals surface area (Å²) in [5, 5.41) is 11.2. The van der Waals surface area contributed by atoms with E-state index >= 15 is 0 Å². The number of pyridine rings is 3. The van der Waals surface area contributed by atoms with E-state index < -0.39 is 0 Å². The summed E-state index contributed by atoms with van der Waals surface area (Å²) in [7, 11) is 0. The quantitative estimate of drug-likeness (QED) is 0.184. The van der Waals surface area contributed by atoms with Gasteiger partial charge in [0.25, 0.3) is 0 Å². The third kappa shape index (κ3) is 3.83. The van der Waals surface area contributed by atoms with Crippen molar-refractivity contribution in [2.45, 2.75) is 0 Å². The van der Waals surface area contributed by atoms with Gasteiger partial charge in [-0.2, -0.15) is 0 Å². The molecule has 4 heteroatoms. The second kappa shape index (κ2) is 9.93. The summed E-state index contributed by atoms with van der Waals surface area (Å²) in [5.41, 5.74) is 10.3. The molecule has 0 aliphatic carbocycles. The Kier molecular flexibility index (Phi) is 5.35. The van der Waals surface area contributed by atoms with E-state index in [1.54, 1.807) is 0 Å². The number of hydrogen-bond acceptors (Lipinski definition) is 3. The second-order valence-corrected chi connectivity index (χ2v) is 12.8. The van der Waals surface area contributed by atoms with Crippen LogP contribution in [0, 0.1) is 0 Å². The van der Waals surface area contributed by atoms with E-state index in [2.05, 4.69) is 137 Å². The minimum atomic E-state index is 0.856. The van der Waals surface area contributed by atoms with Gasteiger partial charge < -0.3 is 0 Å². The molecule has 4 aromatic heterocycles. The molecule has 0 amide bonds. The van der Waals surface area contributed by atoms with E-state index in [9.17, 15) is 0 Å². The molecule has 11 aromatic rings. The van der Waals surface area contributed by atoms with Gasteiger partial charge in [-0.25, -0.2) is 9.97 Å². The highest BCUT2D eigenvalue weighted by Gasteiger charge is 2.17. The summed E-state index contributed by atoms with van der Waals surface area (Å²) in [4.78, 5) is 14.8. The Bertz CT molecular complexity index is 3090. The zero-order chi connectivity index (χ0) is 32.1. The molecule has 0 spiro atoms. The van der Waals surface area contributed by atoms with Gasteiger partial charge in [0.1, 0.15) is 5.65 Å². The summed E-state index contributed by atoms with van der Waals surface area (Å²) in [6.07, 6.45) is 1.81. The van der Waals surface area contributed by atoms with Crippen LogP contribution in [0.5, 0.6) is 0 Å². The van der Waals surface area contributed by atoms with Crippen LogP contribution in [-0.4, -0.2) is 19.4 Å². The van der Waals surface area contributed by atoms with Crippen molar-refractivity contribution in [3.63, 3.8) is 0 Å². The van der Waals surface area contributed by atoms with Gasteiger partial charge in [0, 0.05) is 22.5 Å². The number of rotatable bonds is 3. The maximum Gasteiger partial charge on any atom is 0.146 e. The van der Waals surface area contributed by atoms with Crippen LogP contribution in [0.2, 0.25) is 0 Å². The first kappa shape index (κ1) is 26.4. The fraction of sp³-hybridized carbons (Fsp3) is 0. The van der Waals surface area contributed by atoms with Crippen molar-refractivity contribution in [2.24, 2.45) is 0 Å². The van der Waals surface area contributed by atoms with Crippen molar-refractivity contribution in [1.82, 2.24) is 19.4 Å². The van der Waals surface area contributed by atoms with Crippen LogP contribution >= 0.6 is 0 Å². The number of aromatic nitrogens is 4. The lowest BCUT2D eigenvalue weighted by atomic mass is 9.89. The molecule has 11 rings (SSSR count). The maximum absolute atomic E-state index is 5.16. The average molecular weight is 623 g/mol. The number of nitrogens with zero attached hydrogens (tertiary/aromatic N) is 4. The molecular weight excluding hydrogens is 597 g/mol.